The first-order valence-corrected chi connectivity index (χ1v) is 6.87. The van der Waals surface area contributed by atoms with E-state index >= 15 is 0 Å². The SMILES string of the molecule is O=C(Nc1ccccc1)OCCCCc1ccccc1. The van der Waals surface area contributed by atoms with Gasteiger partial charge in [-0.15, -0.1) is 0 Å². The number of unbranched alkanes of at least 4 members (excludes halogenated alkanes) is 1. The Kier molecular flexibility index (Phi) is 5.65. The maximum absolute atomic E-state index is 11.5. The first-order valence-electron chi connectivity index (χ1n) is 6.87. The fourth-order valence-corrected chi connectivity index (χ4v) is 1.92. The average Bonchev–Trinajstić information content (AvgIpc) is 2.49. The summed E-state index contributed by atoms with van der Waals surface area (Å²) in [6.07, 6.45) is 2.51. The molecule has 0 aliphatic carbocycles. The summed E-state index contributed by atoms with van der Waals surface area (Å²) in [6, 6.07) is 19.6. The van der Waals surface area contributed by atoms with Crippen LogP contribution in [0.25, 0.3) is 0 Å². The summed E-state index contributed by atoms with van der Waals surface area (Å²) < 4.78 is 5.13. The van der Waals surface area contributed by atoms with E-state index in [1.54, 1.807) is 0 Å². The number of carbonyl (C=O) groups is 1. The van der Waals surface area contributed by atoms with Crippen molar-refractivity contribution in [2.24, 2.45) is 0 Å². The van der Waals surface area contributed by atoms with Gasteiger partial charge in [-0.1, -0.05) is 48.5 Å². The molecule has 3 heteroatoms. The van der Waals surface area contributed by atoms with Crippen LogP contribution in [0.1, 0.15) is 18.4 Å². The lowest BCUT2D eigenvalue weighted by atomic mass is 10.1. The molecular weight excluding hydrogens is 250 g/mol. The van der Waals surface area contributed by atoms with E-state index in [1.807, 2.05) is 48.5 Å². The second-order valence-electron chi connectivity index (χ2n) is 4.57. The van der Waals surface area contributed by atoms with Gasteiger partial charge in [0.05, 0.1) is 6.61 Å². The number of anilines is 1. The molecule has 0 saturated heterocycles. The monoisotopic (exact) mass is 269 g/mol. The molecule has 0 aliphatic heterocycles. The van der Waals surface area contributed by atoms with Crippen LogP contribution in [0.2, 0.25) is 0 Å². The molecule has 0 atom stereocenters. The highest BCUT2D eigenvalue weighted by molar-refractivity contribution is 5.84. The van der Waals surface area contributed by atoms with Crippen LogP contribution in [0, 0.1) is 0 Å². The number of amides is 1. The van der Waals surface area contributed by atoms with Gasteiger partial charge in [0.15, 0.2) is 0 Å². The Balaban J connectivity index is 1.58. The lowest BCUT2D eigenvalue weighted by Crippen LogP contribution is -2.14. The summed E-state index contributed by atoms with van der Waals surface area (Å²) in [7, 11) is 0. The number of aryl methyl sites for hydroxylation is 1. The molecule has 20 heavy (non-hydrogen) atoms. The Labute approximate surface area is 119 Å². The number of rotatable bonds is 6. The molecule has 0 unspecified atom stereocenters. The van der Waals surface area contributed by atoms with Crippen molar-refractivity contribution in [1.29, 1.82) is 0 Å². The van der Waals surface area contributed by atoms with E-state index in [9.17, 15) is 4.79 Å². The number of hydrogen-bond donors (Lipinski definition) is 1. The first-order chi connectivity index (χ1) is 9.84. The van der Waals surface area contributed by atoms with Gasteiger partial charge >= 0.3 is 6.09 Å². The molecule has 3 nitrogen and oxygen atoms in total. The number of benzene rings is 2. The molecule has 1 amide bonds. The summed E-state index contributed by atoms with van der Waals surface area (Å²) in [5, 5.41) is 2.69. The van der Waals surface area contributed by atoms with Gasteiger partial charge in [-0.05, 0) is 37.0 Å². The van der Waals surface area contributed by atoms with Crippen molar-refractivity contribution < 1.29 is 9.53 Å². The Morgan fingerprint density at radius 1 is 0.900 bits per heavy atom. The van der Waals surface area contributed by atoms with Crippen molar-refractivity contribution in [1.82, 2.24) is 0 Å². The summed E-state index contributed by atoms with van der Waals surface area (Å²) in [5.74, 6) is 0. The van der Waals surface area contributed by atoms with E-state index < -0.39 is 6.09 Å². The van der Waals surface area contributed by atoms with Crippen LogP contribution in [0.15, 0.2) is 60.7 Å². The normalized spacial score (nSPS) is 10.0. The first kappa shape index (κ1) is 14.1. The standard InChI is InChI=1S/C17H19NO2/c19-17(18-16-12-5-2-6-13-16)20-14-8-7-11-15-9-3-1-4-10-15/h1-6,9-10,12-13H,7-8,11,14H2,(H,18,19). The van der Waals surface area contributed by atoms with Crippen molar-refractivity contribution in [2.75, 3.05) is 11.9 Å². The third-order valence-corrected chi connectivity index (χ3v) is 2.96. The smallest absolute Gasteiger partial charge is 0.411 e. The van der Waals surface area contributed by atoms with Gasteiger partial charge in [0.2, 0.25) is 0 Å². The largest absolute Gasteiger partial charge is 0.449 e. The lowest BCUT2D eigenvalue weighted by Gasteiger charge is -2.06. The Morgan fingerprint density at radius 2 is 1.55 bits per heavy atom. The molecule has 2 rings (SSSR count). The molecule has 0 aromatic heterocycles. The topological polar surface area (TPSA) is 38.3 Å². The highest BCUT2D eigenvalue weighted by Gasteiger charge is 2.02. The maximum Gasteiger partial charge on any atom is 0.411 e. The van der Waals surface area contributed by atoms with Crippen molar-refractivity contribution in [3.05, 3.63) is 66.2 Å². The van der Waals surface area contributed by atoms with E-state index in [2.05, 4.69) is 17.4 Å². The molecule has 0 bridgehead atoms. The average molecular weight is 269 g/mol. The molecule has 2 aromatic rings. The second kappa shape index (κ2) is 8.00. The predicted molar refractivity (Wildman–Crippen MR) is 80.8 cm³/mol. The minimum Gasteiger partial charge on any atom is -0.449 e. The quantitative estimate of drug-likeness (QED) is 0.796. The zero-order valence-corrected chi connectivity index (χ0v) is 11.4. The van der Waals surface area contributed by atoms with Crippen LogP contribution in [-0.2, 0) is 11.2 Å². The molecule has 0 radical (unpaired) electrons. The molecule has 0 fully saturated rings. The number of ether oxygens (including phenoxy) is 1. The van der Waals surface area contributed by atoms with Gasteiger partial charge in [-0.3, -0.25) is 5.32 Å². The van der Waals surface area contributed by atoms with Gasteiger partial charge in [-0.2, -0.15) is 0 Å². The van der Waals surface area contributed by atoms with Crippen molar-refractivity contribution in [3.63, 3.8) is 0 Å². The van der Waals surface area contributed by atoms with E-state index in [-0.39, 0.29) is 0 Å². The Morgan fingerprint density at radius 3 is 2.25 bits per heavy atom. The molecule has 2 aromatic carbocycles. The molecular formula is C17H19NO2. The van der Waals surface area contributed by atoms with Crippen molar-refractivity contribution in [3.8, 4) is 0 Å². The fourth-order valence-electron chi connectivity index (χ4n) is 1.92. The molecule has 0 aliphatic rings. The highest BCUT2D eigenvalue weighted by atomic mass is 16.5. The molecule has 0 spiro atoms. The summed E-state index contributed by atoms with van der Waals surface area (Å²) in [6.45, 7) is 0.450. The van der Waals surface area contributed by atoms with Crippen LogP contribution in [0.4, 0.5) is 10.5 Å². The Hall–Kier alpha value is -2.29. The number of carbonyl (C=O) groups excluding carboxylic acids is 1. The van der Waals surface area contributed by atoms with E-state index in [0.717, 1.165) is 24.9 Å². The van der Waals surface area contributed by atoms with Gasteiger partial charge in [0, 0.05) is 5.69 Å². The predicted octanol–water partition coefficient (Wildman–Crippen LogP) is 4.26. The summed E-state index contributed by atoms with van der Waals surface area (Å²) >= 11 is 0. The van der Waals surface area contributed by atoms with Crippen molar-refractivity contribution in [2.45, 2.75) is 19.3 Å². The Bertz CT molecular complexity index is 511. The van der Waals surface area contributed by atoms with Crippen LogP contribution in [-0.4, -0.2) is 12.7 Å². The van der Waals surface area contributed by atoms with Gasteiger partial charge < -0.3 is 4.74 Å². The van der Waals surface area contributed by atoms with Gasteiger partial charge in [0.25, 0.3) is 0 Å². The van der Waals surface area contributed by atoms with Crippen LogP contribution >= 0.6 is 0 Å². The van der Waals surface area contributed by atoms with Gasteiger partial charge in [0.1, 0.15) is 0 Å². The zero-order valence-electron chi connectivity index (χ0n) is 11.4. The number of nitrogens with one attached hydrogen (secondary N) is 1. The van der Waals surface area contributed by atoms with E-state index in [1.165, 1.54) is 5.56 Å². The van der Waals surface area contributed by atoms with Crippen molar-refractivity contribution >= 4 is 11.8 Å². The van der Waals surface area contributed by atoms with Crippen LogP contribution in [0.5, 0.6) is 0 Å². The second-order valence-corrected chi connectivity index (χ2v) is 4.57. The third-order valence-electron chi connectivity index (χ3n) is 2.96. The lowest BCUT2D eigenvalue weighted by molar-refractivity contribution is 0.159. The van der Waals surface area contributed by atoms with E-state index in [4.69, 9.17) is 4.74 Å². The van der Waals surface area contributed by atoms with Crippen LogP contribution in [0.3, 0.4) is 0 Å². The molecule has 1 N–H and O–H groups in total. The fraction of sp³-hybridized carbons (Fsp3) is 0.235. The minimum absolute atomic E-state index is 0.393. The molecule has 0 saturated carbocycles. The molecule has 0 heterocycles. The maximum atomic E-state index is 11.5. The highest BCUT2D eigenvalue weighted by Crippen LogP contribution is 2.07. The summed E-state index contributed by atoms with van der Waals surface area (Å²) in [4.78, 5) is 11.5. The third kappa shape index (κ3) is 5.14. The van der Waals surface area contributed by atoms with Crippen LogP contribution < -0.4 is 5.32 Å². The minimum atomic E-state index is -0.393. The number of hydrogen-bond acceptors (Lipinski definition) is 2. The zero-order chi connectivity index (χ0) is 14.0. The summed E-state index contributed by atoms with van der Waals surface area (Å²) in [5.41, 5.74) is 2.07. The molecule has 104 valence electrons. The van der Waals surface area contributed by atoms with E-state index in [0.29, 0.717) is 6.61 Å². The van der Waals surface area contributed by atoms with Gasteiger partial charge in [-0.25, -0.2) is 4.79 Å². The number of para-hydroxylation sites is 1.